The van der Waals surface area contributed by atoms with Crippen molar-refractivity contribution < 1.29 is 9.84 Å². The Morgan fingerprint density at radius 1 is 1.15 bits per heavy atom. The molecule has 1 aliphatic heterocycles. The molecule has 2 aromatic rings. The first-order valence-corrected chi connectivity index (χ1v) is 7.32. The van der Waals surface area contributed by atoms with Crippen LogP contribution in [-0.4, -0.2) is 11.2 Å². The predicted octanol–water partition coefficient (Wildman–Crippen LogP) is 4.60. The van der Waals surface area contributed by atoms with Crippen LogP contribution in [0.3, 0.4) is 0 Å². The first-order valence-electron chi connectivity index (χ1n) is 6.94. The molecule has 2 atom stereocenters. The monoisotopic (exact) mass is 288 g/mol. The van der Waals surface area contributed by atoms with E-state index in [1.54, 1.807) is 0 Å². The lowest BCUT2D eigenvalue weighted by atomic mass is 9.98. The maximum absolute atomic E-state index is 10.4. The minimum atomic E-state index is -0.592. The fourth-order valence-electron chi connectivity index (χ4n) is 2.67. The Morgan fingerprint density at radius 3 is 2.60 bits per heavy atom. The smallest absolute Gasteiger partial charge is 0.144 e. The molecule has 3 rings (SSSR count). The Bertz CT molecular complexity index is 610. The van der Waals surface area contributed by atoms with E-state index in [0.29, 0.717) is 10.8 Å². The predicted molar refractivity (Wildman–Crippen MR) is 81.2 cm³/mol. The van der Waals surface area contributed by atoms with Gasteiger partial charge in [0.05, 0.1) is 5.02 Å². The average molecular weight is 289 g/mol. The van der Waals surface area contributed by atoms with Crippen LogP contribution in [0.15, 0.2) is 42.5 Å². The van der Waals surface area contributed by atoms with Crippen LogP contribution in [0.25, 0.3) is 11.1 Å². The molecule has 0 amide bonds. The Labute approximate surface area is 124 Å². The number of aliphatic hydroxyl groups excluding tert-OH is 1. The van der Waals surface area contributed by atoms with Crippen LogP contribution < -0.4 is 4.74 Å². The number of ether oxygens (including phenoxy) is 1. The van der Waals surface area contributed by atoms with Crippen molar-refractivity contribution in [3.63, 3.8) is 0 Å². The summed E-state index contributed by atoms with van der Waals surface area (Å²) in [6, 6.07) is 13.9. The van der Waals surface area contributed by atoms with Gasteiger partial charge in [0, 0.05) is 5.56 Å². The summed E-state index contributed by atoms with van der Waals surface area (Å²) in [5.41, 5.74) is 2.90. The van der Waals surface area contributed by atoms with Crippen molar-refractivity contribution in [2.24, 2.45) is 0 Å². The van der Waals surface area contributed by atoms with Gasteiger partial charge in [-0.3, -0.25) is 0 Å². The molecule has 1 N–H and O–H groups in total. The standard InChI is InChI=1S/C17H17ClO2/c1-2-6-15-16(19)13-9-12(10-14(18)17(13)20-15)11-7-4-3-5-8-11/h3-5,7-10,15-16,19H,2,6H2,1H3. The van der Waals surface area contributed by atoms with E-state index >= 15 is 0 Å². The Hall–Kier alpha value is -1.51. The number of aliphatic hydroxyl groups is 1. The fourth-order valence-corrected chi connectivity index (χ4v) is 2.94. The van der Waals surface area contributed by atoms with E-state index in [-0.39, 0.29) is 6.10 Å². The van der Waals surface area contributed by atoms with Crippen LogP contribution in [-0.2, 0) is 0 Å². The third-order valence-corrected chi connectivity index (χ3v) is 3.97. The van der Waals surface area contributed by atoms with Crippen LogP contribution >= 0.6 is 11.6 Å². The van der Waals surface area contributed by atoms with Crippen molar-refractivity contribution in [1.82, 2.24) is 0 Å². The zero-order valence-corrected chi connectivity index (χ0v) is 12.1. The average Bonchev–Trinajstić information content (AvgIpc) is 2.78. The van der Waals surface area contributed by atoms with Crippen molar-refractivity contribution >= 4 is 11.6 Å². The summed E-state index contributed by atoms with van der Waals surface area (Å²) in [7, 11) is 0. The van der Waals surface area contributed by atoms with Gasteiger partial charge in [0.15, 0.2) is 0 Å². The summed E-state index contributed by atoms with van der Waals surface area (Å²) in [6.07, 6.45) is 1.02. The van der Waals surface area contributed by atoms with Gasteiger partial charge in [-0.25, -0.2) is 0 Å². The van der Waals surface area contributed by atoms with E-state index < -0.39 is 6.10 Å². The maximum Gasteiger partial charge on any atom is 0.144 e. The molecular weight excluding hydrogens is 272 g/mol. The van der Waals surface area contributed by atoms with Crippen molar-refractivity contribution in [2.75, 3.05) is 0 Å². The third kappa shape index (κ3) is 2.30. The molecule has 2 aromatic carbocycles. The van der Waals surface area contributed by atoms with Gasteiger partial charge in [-0.2, -0.15) is 0 Å². The fraction of sp³-hybridized carbons (Fsp3) is 0.294. The molecule has 0 saturated heterocycles. The second-order valence-corrected chi connectivity index (χ2v) is 5.54. The van der Waals surface area contributed by atoms with Crippen LogP contribution in [0.4, 0.5) is 0 Å². The third-order valence-electron chi connectivity index (χ3n) is 3.69. The molecule has 1 aliphatic rings. The summed E-state index contributed by atoms with van der Waals surface area (Å²) in [5.74, 6) is 0.636. The van der Waals surface area contributed by atoms with Crippen LogP contribution in [0.5, 0.6) is 5.75 Å². The Morgan fingerprint density at radius 2 is 1.90 bits per heavy atom. The largest absolute Gasteiger partial charge is 0.485 e. The first-order chi connectivity index (χ1) is 9.70. The van der Waals surface area contributed by atoms with Gasteiger partial charge in [0.1, 0.15) is 18.0 Å². The SMILES string of the molecule is CCCC1Oc2c(Cl)cc(-c3ccccc3)cc2C1O. The molecule has 2 unspecified atom stereocenters. The molecule has 0 radical (unpaired) electrons. The van der Waals surface area contributed by atoms with Gasteiger partial charge in [-0.15, -0.1) is 0 Å². The Kier molecular flexibility index (Phi) is 3.68. The second-order valence-electron chi connectivity index (χ2n) is 5.13. The zero-order valence-electron chi connectivity index (χ0n) is 11.3. The van der Waals surface area contributed by atoms with Crippen LogP contribution in [0, 0.1) is 0 Å². The topological polar surface area (TPSA) is 29.5 Å². The quantitative estimate of drug-likeness (QED) is 0.894. The number of rotatable bonds is 3. The molecule has 104 valence electrons. The number of hydrogen-bond acceptors (Lipinski definition) is 2. The van der Waals surface area contributed by atoms with E-state index in [0.717, 1.165) is 29.5 Å². The van der Waals surface area contributed by atoms with Gasteiger partial charge in [0.2, 0.25) is 0 Å². The second kappa shape index (κ2) is 5.47. The normalized spacial score (nSPS) is 20.6. The molecule has 0 saturated carbocycles. The molecule has 2 nitrogen and oxygen atoms in total. The highest BCUT2D eigenvalue weighted by Crippen LogP contribution is 2.45. The highest BCUT2D eigenvalue weighted by Gasteiger charge is 2.34. The lowest BCUT2D eigenvalue weighted by Gasteiger charge is -2.12. The lowest BCUT2D eigenvalue weighted by Crippen LogP contribution is -2.17. The van der Waals surface area contributed by atoms with E-state index in [4.69, 9.17) is 16.3 Å². The lowest BCUT2D eigenvalue weighted by molar-refractivity contribution is 0.0617. The molecule has 1 heterocycles. The van der Waals surface area contributed by atoms with Crippen molar-refractivity contribution in [1.29, 1.82) is 0 Å². The van der Waals surface area contributed by atoms with Gasteiger partial charge in [0.25, 0.3) is 0 Å². The molecule has 0 aliphatic carbocycles. The minimum absolute atomic E-state index is 0.182. The van der Waals surface area contributed by atoms with Gasteiger partial charge < -0.3 is 9.84 Å². The Balaban J connectivity index is 2.02. The summed E-state index contributed by atoms with van der Waals surface area (Å²) >= 11 is 6.32. The molecule has 0 fully saturated rings. The van der Waals surface area contributed by atoms with E-state index in [1.165, 1.54) is 0 Å². The van der Waals surface area contributed by atoms with Crippen molar-refractivity contribution in [3.8, 4) is 16.9 Å². The summed E-state index contributed by atoms with van der Waals surface area (Å²) in [5, 5.41) is 11.0. The first kappa shape index (κ1) is 13.5. The van der Waals surface area contributed by atoms with Crippen molar-refractivity contribution in [3.05, 3.63) is 53.1 Å². The van der Waals surface area contributed by atoms with Gasteiger partial charge >= 0.3 is 0 Å². The van der Waals surface area contributed by atoms with Crippen LogP contribution in [0.1, 0.15) is 31.4 Å². The number of benzene rings is 2. The van der Waals surface area contributed by atoms with E-state index in [9.17, 15) is 5.11 Å². The molecular formula is C17H17ClO2. The van der Waals surface area contributed by atoms with Gasteiger partial charge in [-0.05, 0) is 29.7 Å². The summed E-state index contributed by atoms with van der Waals surface area (Å²) in [4.78, 5) is 0. The maximum atomic E-state index is 10.4. The summed E-state index contributed by atoms with van der Waals surface area (Å²) < 4.78 is 5.80. The highest BCUT2D eigenvalue weighted by atomic mass is 35.5. The molecule has 0 aromatic heterocycles. The number of hydrogen-bond donors (Lipinski definition) is 1. The van der Waals surface area contributed by atoms with Crippen molar-refractivity contribution in [2.45, 2.75) is 32.0 Å². The minimum Gasteiger partial charge on any atom is -0.485 e. The molecule has 0 spiro atoms. The molecule has 20 heavy (non-hydrogen) atoms. The summed E-state index contributed by atoms with van der Waals surface area (Å²) in [6.45, 7) is 2.08. The number of halogens is 1. The van der Waals surface area contributed by atoms with Crippen LogP contribution in [0.2, 0.25) is 5.02 Å². The zero-order chi connectivity index (χ0) is 14.1. The van der Waals surface area contributed by atoms with E-state index in [2.05, 4.69) is 6.92 Å². The highest BCUT2D eigenvalue weighted by molar-refractivity contribution is 6.32. The molecule has 3 heteroatoms. The molecule has 0 bridgehead atoms. The number of fused-ring (bicyclic) bond motifs is 1. The van der Waals surface area contributed by atoms with E-state index in [1.807, 2.05) is 42.5 Å². The van der Waals surface area contributed by atoms with Gasteiger partial charge in [-0.1, -0.05) is 55.3 Å².